The predicted molar refractivity (Wildman–Crippen MR) is 310 cm³/mol. The molecule has 5 aromatic heterocycles. The number of nitrogens with zero attached hydrogens (tertiary/aromatic N) is 7. The summed E-state index contributed by atoms with van der Waals surface area (Å²) in [6.45, 7) is 0. The molecule has 76 heavy (non-hydrogen) atoms. The van der Waals surface area contributed by atoms with Crippen molar-refractivity contribution in [2.24, 2.45) is 0 Å². The zero-order valence-electron chi connectivity index (χ0n) is 41.1. The quantitative estimate of drug-likeness (QED) is 0.128. The van der Waals surface area contributed by atoms with Gasteiger partial charge in [0.25, 0.3) is 0 Å². The SMILES string of the molecule is c1ccc(-c2ccc(-n3nccc3-c3cc(-c4ccccc4-c4ccc(-c5ccccn5)cc4-c4ccc5c6ccccc6c6ccccc6c5c4)cc(-c4ccnn4-c4ccc(-c5ccccn5)cc4)c3)cc2)nc1. The molecule has 0 fully saturated rings. The molecule has 0 saturated heterocycles. The van der Waals surface area contributed by atoms with Crippen LogP contribution in [0.2, 0.25) is 0 Å². The lowest BCUT2D eigenvalue weighted by atomic mass is 9.86. The Labute approximate surface area is 439 Å². The summed E-state index contributed by atoms with van der Waals surface area (Å²) in [5.41, 5.74) is 18.3. The first kappa shape index (κ1) is 44.3. The largest absolute Gasteiger partial charge is 0.256 e. The third kappa shape index (κ3) is 8.00. The van der Waals surface area contributed by atoms with Crippen LogP contribution in [-0.2, 0) is 0 Å². The van der Waals surface area contributed by atoms with E-state index in [-0.39, 0.29) is 0 Å². The van der Waals surface area contributed by atoms with Crippen molar-refractivity contribution in [3.63, 3.8) is 0 Å². The molecule has 0 amide bonds. The number of rotatable bonds is 10. The highest BCUT2D eigenvalue weighted by Crippen LogP contribution is 2.44. The van der Waals surface area contributed by atoms with Gasteiger partial charge in [-0.1, -0.05) is 140 Å². The van der Waals surface area contributed by atoms with E-state index in [4.69, 9.17) is 15.2 Å². The lowest BCUT2D eigenvalue weighted by Crippen LogP contribution is -2.01. The first-order valence-electron chi connectivity index (χ1n) is 25.4. The second-order valence-electron chi connectivity index (χ2n) is 19.0. The predicted octanol–water partition coefficient (Wildman–Crippen LogP) is 17.0. The van der Waals surface area contributed by atoms with Gasteiger partial charge < -0.3 is 0 Å². The van der Waals surface area contributed by atoms with Gasteiger partial charge in [-0.05, 0) is 169 Å². The van der Waals surface area contributed by atoms with Crippen LogP contribution in [0.3, 0.4) is 0 Å². The fraction of sp³-hybridized carbons (Fsp3) is 0. The molecule has 5 heterocycles. The molecular weight excluding hydrogens is 927 g/mol. The normalized spacial score (nSPS) is 11.4. The van der Waals surface area contributed by atoms with E-state index in [1.54, 1.807) is 0 Å². The highest BCUT2D eigenvalue weighted by atomic mass is 15.3. The zero-order chi connectivity index (χ0) is 50.4. The van der Waals surface area contributed by atoms with Crippen LogP contribution in [0.5, 0.6) is 0 Å². The van der Waals surface area contributed by atoms with Crippen LogP contribution in [0.1, 0.15) is 0 Å². The Morgan fingerprint density at radius 1 is 0.224 bits per heavy atom. The first-order valence-corrected chi connectivity index (χ1v) is 25.4. The van der Waals surface area contributed by atoms with Crippen LogP contribution in [-0.4, -0.2) is 34.5 Å². The van der Waals surface area contributed by atoms with Crippen LogP contribution in [0.15, 0.2) is 274 Å². The van der Waals surface area contributed by atoms with Crippen molar-refractivity contribution in [1.82, 2.24) is 34.5 Å². The topological polar surface area (TPSA) is 74.3 Å². The van der Waals surface area contributed by atoms with Crippen LogP contribution < -0.4 is 0 Å². The van der Waals surface area contributed by atoms with Crippen LogP contribution in [0.4, 0.5) is 0 Å². The van der Waals surface area contributed by atoms with Gasteiger partial charge in [0, 0.05) is 46.4 Å². The Morgan fingerprint density at radius 2 is 0.632 bits per heavy atom. The number of benzene rings is 9. The molecule has 7 nitrogen and oxygen atoms in total. The Bertz CT molecular complexity index is 4260. The summed E-state index contributed by atoms with van der Waals surface area (Å²) in [6, 6.07) is 86.1. The summed E-state index contributed by atoms with van der Waals surface area (Å²) in [7, 11) is 0. The van der Waals surface area contributed by atoms with E-state index in [9.17, 15) is 0 Å². The van der Waals surface area contributed by atoms with Gasteiger partial charge in [0.15, 0.2) is 0 Å². The monoisotopic (exact) mass is 971 g/mol. The molecule has 14 rings (SSSR count). The van der Waals surface area contributed by atoms with Gasteiger partial charge >= 0.3 is 0 Å². The third-order valence-corrected chi connectivity index (χ3v) is 14.5. The van der Waals surface area contributed by atoms with E-state index < -0.39 is 0 Å². The average Bonchev–Trinajstić information content (AvgIpc) is 4.27. The molecule has 0 radical (unpaired) electrons. The fourth-order valence-electron chi connectivity index (χ4n) is 10.9. The summed E-state index contributed by atoms with van der Waals surface area (Å²) in [5.74, 6) is 0. The summed E-state index contributed by atoms with van der Waals surface area (Å²) in [6.07, 6.45) is 9.26. The minimum absolute atomic E-state index is 0.920. The molecule has 0 bridgehead atoms. The first-order chi connectivity index (χ1) is 37.7. The van der Waals surface area contributed by atoms with Crippen molar-refractivity contribution in [2.45, 2.75) is 0 Å². The van der Waals surface area contributed by atoms with E-state index in [0.29, 0.717) is 0 Å². The van der Waals surface area contributed by atoms with Crippen LogP contribution in [0, 0.1) is 0 Å². The van der Waals surface area contributed by atoms with Crippen molar-refractivity contribution in [1.29, 1.82) is 0 Å². The van der Waals surface area contributed by atoms with Crippen LogP contribution in [0.25, 0.3) is 133 Å². The number of aromatic nitrogens is 7. The summed E-state index contributed by atoms with van der Waals surface area (Å²) in [5, 5.41) is 17.3. The second kappa shape index (κ2) is 18.9. The van der Waals surface area contributed by atoms with Crippen LogP contribution >= 0.6 is 0 Å². The molecule has 0 aliphatic rings. The van der Waals surface area contributed by atoms with Crippen molar-refractivity contribution in [3.8, 4) is 101 Å². The molecule has 0 atom stereocenters. The Hall–Kier alpha value is -10.4. The van der Waals surface area contributed by atoms with Crippen molar-refractivity contribution in [3.05, 3.63) is 274 Å². The van der Waals surface area contributed by atoms with Gasteiger partial charge in [-0.2, -0.15) is 10.2 Å². The van der Waals surface area contributed by atoms with E-state index in [2.05, 4.69) is 210 Å². The Balaban J connectivity index is 0.953. The highest BCUT2D eigenvalue weighted by Gasteiger charge is 2.20. The zero-order valence-corrected chi connectivity index (χ0v) is 41.1. The molecule has 0 spiro atoms. The summed E-state index contributed by atoms with van der Waals surface area (Å²) < 4.78 is 4.04. The van der Waals surface area contributed by atoms with Crippen molar-refractivity contribution >= 4 is 32.3 Å². The van der Waals surface area contributed by atoms with Gasteiger partial charge in [-0.25, -0.2) is 9.36 Å². The highest BCUT2D eigenvalue weighted by molar-refractivity contribution is 6.26. The standard InChI is InChI=1S/C69H45N7/c1-2-14-56(61-33-27-49(67-21-9-12-38-72-67)45-63(61)48-26-32-62-59-17-4-3-15-57(59)58-16-5-6-18-60(58)64(62)44-48)55(13-1)50-41-51(68-34-39-73-75(68)53-28-22-46(23-29-53)65-19-7-10-36-70-65)43-52(42-50)69-35-40-74-76(69)54-30-24-47(25-31-54)66-20-8-11-37-71-66/h1-45H. The average molecular weight is 972 g/mol. The molecule has 7 heteroatoms. The van der Waals surface area contributed by atoms with Gasteiger partial charge in [0.05, 0.1) is 52.2 Å². The van der Waals surface area contributed by atoms with Gasteiger partial charge in [-0.3, -0.25) is 15.0 Å². The lowest BCUT2D eigenvalue weighted by molar-refractivity contribution is 0.885. The Morgan fingerprint density at radius 3 is 1.14 bits per heavy atom. The number of fused-ring (bicyclic) bond motifs is 6. The summed E-state index contributed by atoms with van der Waals surface area (Å²) in [4.78, 5) is 14.0. The molecule has 0 N–H and O–H groups in total. The number of hydrogen-bond acceptors (Lipinski definition) is 5. The van der Waals surface area contributed by atoms with E-state index in [1.165, 1.54) is 32.3 Å². The third-order valence-electron chi connectivity index (χ3n) is 14.5. The minimum Gasteiger partial charge on any atom is -0.256 e. The maximum atomic E-state index is 4.93. The van der Waals surface area contributed by atoms with Gasteiger partial charge in [-0.15, -0.1) is 0 Å². The van der Waals surface area contributed by atoms with Crippen molar-refractivity contribution < 1.29 is 0 Å². The number of pyridine rings is 3. The Kier molecular flexibility index (Phi) is 11.0. The minimum atomic E-state index is 0.920. The molecule has 356 valence electrons. The number of hydrogen-bond donors (Lipinski definition) is 0. The second-order valence-corrected chi connectivity index (χ2v) is 19.0. The fourth-order valence-corrected chi connectivity index (χ4v) is 10.9. The molecule has 0 saturated carbocycles. The van der Waals surface area contributed by atoms with Crippen molar-refractivity contribution in [2.75, 3.05) is 0 Å². The van der Waals surface area contributed by atoms with E-state index >= 15 is 0 Å². The molecule has 0 unspecified atom stereocenters. The van der Waals surface area contributed by atoms with E-state index in [0.717, 1.165) is 101 Å². The molecular formula is C69H45N7. The smallest absolute Gasteiger partial charge is 0.0741 e. The van der Waals surface area contributed by atoms with Gasteiger partial charge in [0.2, 0.25) is 0 Å². The molecule has 0 aliphatic heterocycles. The molecule has 14 aromatic rings. The van der Waals surface area contributed by atoms with Gasteiger partial charge in [0.1, 0.15) is 0 Å². The maximum Gasteiger partial charge on any atom is 0.0741 e. The maximum absolute atomic E-state index is 4.93. The molecule has 9 aromatic carbocycles. The van der Waals surface area contributed by atoms with E-state index in [1.807, 2.05) is 82.8 Å². The molecule has 0 aliphatic carbocycles. The lowest BCUT2D eigenvalue weighted by Gasteiger charge is -2.19. The summed E-state index contributed by atoms with van der Waals surface area (Å²) >= 11 is 0.